The first kappa shape index (κ1) is 14.6. The molecule has 100 valence electrons. The highest BCUT2D eigenvalue weighted by Gasteiger charge is 2.35. The third-order valence-corrected chi connectivity index (χ3v) is 4.46. The molecule has 0 saturated heterocycles. The molecule has 7 heteroatoms. The molecule has 1 rings (SSSR count). The highest BCUT2D eigenvalue weighted by atomic mass is 32.2. The van der Waals surface area contributed by atoms with E-state index in [1.54, 1.807) is 0 Å². The van der Waals surface area contributed by atoms with Crippen LogP contribution >= 0.6 is 0 Å². The number of rotatable bonds is 4. The van der Waals surface area contributed by atoms with E-state index in [9.17, 15) is 22.0 Å². The monoisotopic (exact) mass is 278 g/mol. The quantitative estimate of drug-likeness (QED) is 0.853. The van der Waals surface area contributed by atoms with Gasteiger partial charge in [0.25, 0.3) is 0 Å². The van der Waals surface area contributed by atoms with Crippen LogP contribution in [0.25, 0.3) is 0 Å². The van der Waals surface area contributed by atoms with Crippen molar-refractivity contribution in [1.82, 2.24) is 0 Å². The Morgan fingerprint density at radius 1 is 1.33 bits per heavy atom. The summed E-state index contributed by atoms with van der Waals surface area (Å²) in [5.41, 5.74) is -1.56. The Bertz CT molecular complexity index is 579. The van der Waals surface area contributed by atoms with Crippen LogP contribution in [-0.2, 0) is 14.6 Å². The molecule has 0 unspecified atom stereocenters. The zero-order chi connectivity index (χ0) is 14.1. The van der Waals surface area contributed by atoms with Gasteiger partial charge in [-0.15, -0.1) is 0 Å². The van der Waals surface area contributed by atoms with Gasteiger partial charge in [-0.05, 0) is 26.0 Å². The fourth-order valence-corrected chi connectivity index (χ4v) is 3.20. The Kier molecular flexibility index (Phi) is 3.75. The Labute approximate surface area is 103 Å². The highest BCUT2D eigenvalue weighted by Crippen LogP contribution is 2.25. The van der Waals surface area contributed by atoms with E-state index in [1.807, 2.05) is 0 Å². The Morgan fingerprint density at radius 2 is 1.89 bits per heavy atom. The van der Waals surface area contributed by atoms with E-state index < -0.39 is 43.5 Å². The van der Waals surface area contributed by atoms with Crippen LogP contribution in [-0.4, -0.2) is 25.2 Å². The molecular formula is C11H12F2O4S. The Balaban J connectivity index is 3.19. The van der Waals surface area contributed by atoms with Gasteiger partial charge in [-0.1, -0.05) is 0 Å². The average Bonchev–Trinajstić information content (AvgIpc) is 2.14. The van der Waals surface area contributed by atoms with Crippen molar-refractivity contribution in [2.24, 2.45) is 5.41 Å². The maximum atomic E-state index is 13.4. The lowest BCUT2D eigenvalue weighted by atomic mass is 9.97. The fourth-order valence-electron chi connectivity index (χ4n) is 1.34. The van der Waals surface area contributed by atoms with E-state index >= 15 is 0 Å². The molecule has 0 radical (unpaired) electrons. The number of carboxylic acids is 1. The minimum absolute atomic E-state index is 0.445. The predicted molar refractivity (Wildman–Crippen MR) is 59.8 cm³/mol. The second kappa shape index (κ2) is 4.64. The van der Waals surface area contributed by atoms with Gasteiger partial charge in [0.1, 0.15) is 16.5 Å². The van der Waals surface area contributed by atoms with Gasteiger partial charge in [0.15, 0.2) is 9.84 Å². The van der Waals surface area contributed by atoms with E-state index in [0.717, 1.165) is 12.1 Å². The van der Waals surface area contributed by atoms with Crippen molar-refractivity contribution in [3.63, 3.8) is 0 Å². The molecule has 0 spiro atoms. The van der Waals surface area contributed by atoms with Crippen molar-refractivity contribution in [2.45, 2.75) is 18.7 Å². The fraction of sp³-hybridized carbons (Fsp3) is 0.364. The summed E-state index contributed by atoms with van der Waals surface area (Å²) in [5, 5.41) is 8.85. The van der Waals surface area contributed by atoms with Crippen LogP contribution in [0.1, 0.15) is 13.8 Å². The number of aliphatic carboxylic acids is 1. The summed E-state index contributed by atoms with van der Waals surface area (Å²) in [4.78, 5) is 10.2. The van der Waals surface area contributed by atoms with Crippen LogP contribution < -0.4 is 0 Å². The number of sulfone groups is 1. The lowest BCUT2D eigenvalue weighted by molar-refractivity contribution is -0.145. The topological polar surface area (TPSA) is 71.4 Å². The minimum Gasteiger partial charge on any atom is -0.481 e. The van der Waals surface area contributed by atoms with Crippen molar-refractivity contribution < 1.29 is 27.1 Å². The molecule has 0 fully saturated rings. The van der Waals surface area contributed by atoms with E-state index in [0.29, 0.717) is 6.07 Å². The van der Waals surface area contributed by atoms with Crippen molar-refractivity contribution in [3.8, 4) is 0 Å². The molecule has 1 N–H and O–H groups in total. The van der Waals surface area contributed by atoms with E-state index in [2.05, 4.69) is 0 Å². The van der Waals surface area contributed by atoms with Gasteiger partial charge < -0.3 is 5.11 Å². The smallest absolute Gasteiger partial charge is 0.310 e. The Hall–Kier alpha value is -1.50. The first-order valence-corrected chi connectivity index (χ1v) is 6.63. The highest BCUT2D eigenvalue weighted by molar-refractivity contribution is 7.91. The lowest BCUT2D eigenvalue weighted by Gasteiger charge is -2.18. The van der Waals surface area contributed by atoms with Crippen LogP contribution in [0.4, 0.5) is 8.78 Å². The molecule has 0 atom stereocenters. The molecule has 0 aromatic heterocycles. The average molecular weight is 278 g/mol. The third-order valence-electron chi connectivity index (χ3n) is 2.36. The number of halogens is 2. The molecule has 0 aliphatic carbocycles. The number of hydrogen-bond donors (Lipinski definition) is 1. The van der Waals surface area contributed by atoms with E-state index in [1.165, 1.54) is 13.8 Å². The summed E-state index contributed by atoms with van der Waals surface area (Å²) < 4.78 is 49.7. The molecule has 0 heterocycles. The van der Waals surface area contributed by atoms with Crippen molar-refractivity contribution in [2.75, 3.05) is 5.75 Å². The Morgan fingerprint density at radius 3 is 2.33 bits per heavy atom. The summed E-state index contributed by atoms with van der Waals surface area (Å²) in [7, 11) is -4.13. The number of benzene rings is 1. The maximum absolute atomic E-state index is 13.4. The summed E-state index contributed by atoms with van der Waals surface area (Å²) in [6.45, 7) is 2.43. The predicted octanol–water partition coefficient (Wildman–Crippen LogP) is 1.85. The normalized spacial score (nSPS) is 12.4. The lowest BCUT2D eigenvalue weighted by Crippen LogP contribution is -2.32. The molecular weight excluding hydrogens is 266 g/mol. The van der Waals surface area contributed by atoms with Crippen LogP contribution in [0, 0.1) is 17.0 Å². The molecule has 1 aromatic carbocycles. The van der Waals surface area contributed by atoms with Crippen molar-refractivity contribution in [3.05, 3.63) is 29.8 Å². The van der Waals surface area contributed by atoms with Crippen LogP contribution in [0.2, 0.25) is 0 Å². The number of hydrogen-bond acceptors (Lipinski definition) is 3. The van der Waals surface area contributed by atoms with Crippen LogP contribution in [0.15, 0.2) is 23.1 Å². The standard InChI is InChI=1S/C11H12F2O4S/c1-11(2,10(14)15)6-18(16,17)9-4-3-7(12)5-8(9)13/h3-5H,6H2,1-2H3,(H,14,15). The summed E-state index contributed by atoms with van der Waals surface area (Å²) >= 11 is 0. The maximum Gasteiger partial charge on any atom is 0.310 e. The first-order chi connectivity index (χ1) is 8.06. The summed E-state index contributed by atoms with van der Waals surface area (Å²) in [5.74, 6) is -4.20. The van der Waals surface area contributed by atoms with Gasteiger partial charge >= 0.3 is 5.97 Å². The summed E-state index contributed by atoms with van der Waals surface area (Å²) in [6.07, 6.45) is 0. The van der Waals surface area contributed by atoms with Crippen molar-refractivity contribution in [1.29, 1.82) is 0 Å². The van der Waals surface area contributed by atoms with Gasteiger partial charge in [-0.3, -0.25) is 4.79 Å². The van der Waals surface area contributed by atoms with Gasteiger partial charge in [0.05, 0.1) is 11.2 Å². The van der Waals surface area contributed by atoms with E-state index in [-0.39, 0.29) is 0 Å². The first-order valence-electron chi connectivity index (χ1n) is 4.97. The zero-order valence-corrected chi connectivity index (χ0v) is 10.6. The van der Waals surface area contributed by atoms with Gasteiger partial charge in [-0.25, -0.2) is 17.2 Å². The SMILES string of the molecule is CC(C)(CS(=O)(=O)c1ccc(F)cc1F)C(=O)O. The molecule has 0 bridgehead atoms. The van der Waals surface area contributed by atoms with Gasteiger partial charge in [0, 0.05) is 6.07 Å². The van der Waals surface area contributed by atoms with Gasteiger partial charge in [-0.2, -0.15) is 0 Å². The number of carboxylic acid groups (broad SMARTS) is 1. The van der Waals surface area contributed by atoms with Crippen LogP contribution in [0.3, 0.4) is 0 Å². The zero-order valence-electron chi connectivity index (χ0n) is 9.78. The number of carbonyl (C=O) groups is 1. The second-order valence-electron chi connectivity index (χ2n) is 4.52. The van der Waals surface area contributed by atoms with E-state index in [4.69, 9.17) is 5.11 Å². The molecule has 0 aliphatic heterocycles. The van der Waals surface area contributed by atoms with Gasteiger partial charge in [0.2, 0.25) is 0 Å². The second-order valence-corrected chi connectivity index (χ2v) is 6.48. The van der Waals surface area contributed by atoms with Crippen LogP contribution in [0.5, 0.6) is 0 Å². The molecule has 18 heavy (non-hydrogen) atoms. The molecule has 0 amide bonds. The molecule has 1 aromatic rings. The molecule has 0 aliphatic rings. The molecule has 4 nitrogen and oxygen atoms in total. The minimum atomic E-state index is -4.13. The largest absolute Gasteiger partial charge is 0.481 e. The third kappa shape index (κ3) is 3.04. The summed E-state index contributed by atoms with van der Waals surface area (Å²) in [6, 6.07) is 2.04. The molecule has 0 saturated carbocycles. The van der Waals surface area contributed by atoms with Crippen molar-refractivity contribution >= 4 is 15.8 Å².